The first-order valence-electron chi connectivity index (χ1n) is 13.5. The average molecular weight is 523 g/mol. The highest BCUT2D eigenvalue weighted by Gasteiger charge is 2.39. The number of rotatable bonds is 4. The molecule has 9 heteroatoms. The number of hydrogen-bond acceptors (Lipinski definition) is 4. The third-order valence-electron chi connectivity index (χ3n) is 8.41. The number of nitrogens with zero attached hydrogens (tertiary/aromatic N) is 4. The molecule has 3 heterocycles. The lowest BCUT2D eigenvalue weighted by atomic mass is 9.86. The van der Waals surface area contributed by atoms with Crippen LogP contribution in [-0.4, -0.2) is 85.4 Å². The Morgan fingerprint density at radius 1 is 0.892 bits per heavy atom. The van der Waals surface area contributed by atoms with Gasteiger partial charge in [-0.25, -0.2) is 0 Å². The second kappa shape index (κ2) is 10.5. The minimum atomic E-state index is -4.43. The molecule has 2 amide bonds. The van der Waals surface area contributed by atoms with Gasteiger partial charge in [0.25, 0.3) is 0 Å². The van der Waals surface area contributed by atoms with Crippen molar-refractivity contribution in [3.63, 3.8) is 0 Å². The van der Waals surface area contributed by atoms with Crippen molar-refractivity contribution in [3.8, 4) is 0 Å². The summed E-state index contributed by atoms with van der Waals surface area (Å²) in [5, 5.41) is 0. The Morgan fingerprint density at radius 3 is 2.11 bits per heavy atom. The van der Waals surface area contributed by atoms with E-state index in [4.69, 9.17) is 0 Å². The van der Waals surface area contributed by atoms with E-state index in [1.54, 1.807) is 25.1 Å². The van der Waals surface area contributed by atoms with Crippen LogP contribution < -0.4 is 4.90 Å². The van der Waals surface area contributed by atoms with Crippen LogP contribution in [0, 0.1) is 11.8 Å². The fourth-order valence-electron chi connectivity index (χ4n) is 6.13. The topological polar surface area (TPSA) is 47.1 Å². The molecule has 1 aromatic carbocycles. The first-order valence-corrected chi connectivity index (χ1v) is 13.5. The van der Waals surface area contributed by atoms with Crippen molar-refractivity contribution in [1.82, 2.24) is 14.7 Å². The lowest BCUT2D eigenvalue weighted by Crippen LogP contribution is -2.44. The number of halogens is 3. The maximum atomic E-state index is 13.6. The Balaban J connectivity index is 1.47. The van der Waals surface area contributed by atoms with Gasteiger partial charge in [0.05, 0.1) is 17.4 Å². The lowest BCUT2D eigenvalue weighted by molar-refractivity contribution is -0.138. The Kier molecular flexibility index (Phi) is 7.84. The fourth-order valence-corrected chi connectivity index (χ4v) is 6.13. The molecule has 0 saturated carbocycles. The Labute approximate surface area is 218 Å². The molecule has 37 heavy (non-hydrogen) atoms. The Hall–Kier alpha value is -2.29. The van der Waals surface area contributed by atoms with Crippen LogP contribution in [0.15, 0.2) is 18.2 Å². The minimum Gasteiger partial charge on any atom is -0.370 e. The van der Waals surface area contributed by atoms with Gasteiger partial charge in [-0.05, 0) is 76.6 Å². The van der Waals surface area contributed by atoms with Crippen molar-refractivity contribution in [2.45, 2.75) is 64.1 Å². The summed E-state index contributed by atoms with van der Waals surface area (Å²) in [4.78, 5) is 33.6. The van der Waals surface area contributed by atoms with Crippen LogP contribution in [-0.2, 0) is 15.8 Å². The van der Waals surface area contributed by atoms with E-state index in [0.29, 0.717) is 38.3 Å². The summed E-state index contributed by atoms with van der Waals surface area (Å²) in [6.45, 7) is 10.5. The first-order chi connectivity index (χ1) is 17.3. The summed E-state index contributed by atoms with van der Waals surface area (Å²) in [5.74, 6) is 0.117. The molecule has 2 atom stereocenters. The highest BCUT2D eigenvalue weighted by Crippen LogP contribution is 2.41. The number of carbonyl (C=O) groups is 2. The van der Waals surface area contributed by atoms with E-state index in [2.05, 4.69) is 25.7 Å². The van der Waals surface area contributed by atoms with Crippen LogP contribution in [0.3, 0.4) is 0 Å². The molecular formula is C28H41F3N4O2. The zero-order chi connectivity index (χ0) is 27.1. The highest BCUT2D eigenvalue weighted by atomic mass is 19.4. The quantitative estimate of drug-likeness (QED) is 0.587. The third-order valence-corrected chi connectivity index (χ3v) is 8.41. The van der Waals surface area contributed by atoms with E-state index < -0.39 is 11.7 Å². The maximum Gasteiger partial charge on any atom is 0.416 e. The van der Waals surface area contributed by atoms with Gasteiger partial charge >= 0.3 is 6.18 Å². The monoisotopic (exact) mass is 522 g/mol. The van der Waals surface area contributed by atoms with Crippen molar-refractivity contribution in [2.75, 3.05) is 58.3 Å². The van der Waals surface area contributed by atoms with Crippen molar-refractivity contribution >= 4 is 17.5 Å². The van der Waals surface area contributed by atoms with E-state index in [1.165, 1.54) is 12.1 Å². The van der Waals surface area contributed by atoms with Crippen molar-refractivity contribution < 1.29 is 22.8 Å². The second-order valence-corrected chi connectivity index (χ2v) is 12.1. The molecule has 0 N–H and O–H groups in total. The van der Waals surface area contributed by atoms with E-state index in [1.807, 2.05) is 9.80 Å². The van der Waals surface area contributed by atoms with Crippen molar-refractivity contribution in [1.29, 1.82) is 0 Å². The molecule has 1 unspecified atom stereocenters. The van der Waals surface area contributed by atoms with E-state index in [-0.39, 0.29) is 35.1 Å². The number of benzene rings is 1. The second-order valence-electron chi connectivity index (χ2n) is 12.1. The van der Waals surface area contributed by atoms with Gasteiger partial charge in [0.2, 0.25) is 11.8 Å². The molecule has 0 aromatic heterocycles. The van der Waals surface area contributed by atoms with Crippen LogP contribution in [0.4, 0.5) is 18.9 Å². The van der Waals surface area contributed by atoms with Crippen LogP contribution in [0.2, 0.25) is 0 Å². The van der Waals surface area contributed by atoms with E-state index in [0.717, 1.165) is 37.9 Å². The van der Waals surface area contributed by atoms with Crippen molar-refractivity contribution in [2.24, 2.45) is 11.8 Å². The number of anilines is 1. The summed E-state index contributed by atoms with van der Waals surface area (Å²) in [7, 11) is 3.42. The first kappa shape index (κ1) is 27.7. The summed E-state index contributed by atoms with van der Waals surface area (Å²) >= 11 is 0. The number of carbonyl (C=O) groups excluding carboxylic acids is 2. The molecule has 0 spiro atoms. The summed E-state index contributed by atoms with van der Waals surface area (Å²) in [5.41, 5.74) is 0.876. The van der Waals surface area contributed by atoms with E-state index in [9.17, 15) is 22.8 Å². The van der Waals surface area contributed by atoms with E-state index >= 15 is 0 Å². The smallest absolute Gasteiger partial charge is 0.370 e. The van der Waals surface area contributed by atoms with Crippen LogP contribution in [0.5, 0.6) is 0 Å². The maximum absolute atomic E-state index is 13.6. The summed E-state index contributed by atoms with van der Waals surface area (Å²) in [6, 6.07) is 4.06. The third kappa shape index (κ3) is 6.07. The highest BCUT2D eigenvalue weighted by molar-refractivity contribution is 5.80. The molecule has 0 bridgehead atoms. The van der Waals surface area contributed by atoms with Gasteiger partial charge in [-0.15, -0.1) is 0 Å². The lowest BCUT2D eigenvalue weighted by Gasteiger charge is -2.36. The number of alkyl halides is 3. The Bertz CT molecular complexity index is 996. The molecule has 3 saturated heterocycles. The van der Waals surface area contributed by atoms with Gasteiger partial charge in [0.1, 0.15) is 0 Å². The molecule has 3 aliphatic rings. The van der Waals surface area contributed by atoms with Crippen LogP contribution >= 0.6 is 0 Å². The molecule has 6 nitrogen and oxygen atoms in total. The number of piperidine rings is 1. The minimum absolute atomic E-state index is 0.0137. The van der Waals surface area contributed by atoms with Gasteiger partial charge < -0.3 is 14.7 Å². The summed E-state index contributed by atoms with van der Waals surface area (Å²) < 4.78 is 40.8. The van der Waals surface area contributed by atoms with Crippen LogP contribution in [0.25, 0.3) is 0 Å². The van der Waals surface area contributed by atoms with Crippen molar-refractivity contribution in [3.05, 3.63) is 29.3 Å². The molecular weight excluding hydrogens is 481 g/mol. The molecule has 1 aromatic rings. The van der Waals surface area contributed by atoms with Gasteiger partial charge in [-0.3, -0.25) is 14.5 Å². The molecule has 0 aliphatic carbocycles. The normalized spacial score (nSPS) is 24.1. The predicted octanol–water partition coefficient (Wildman–Crippen LogP) is 4.45. The number of hydrogen-bond donors (Lipinski definition) is 0. The average Bonchev–Trinajstić information content (AvgIpc) is 3.52. The largest absolute Gasteiger partial charge is 0.416 e. The SMILES string of the molecule is CN(C)C(=O)C1CCN(c2cc(C(F)(F)F)ccc2C2CCN(C(=O)[C@H]3CCN(C(C)(C)C)C3)CC2)C1. The summed E-state index contributed by atoms with van der Waals surface area (Å²) in [6.07, 6.45) is -1.46. The number of likely N-dealkylation sites (tertiary alicyclic amines) is 2. The molecule has 206 valence electrons. The van der Waals surface area contributed by atoms with Gasteiger partial charge in [-0.1, -0.05) is 6.07 Å². The molecule has 4 rings (SSSR count). The van der Waals surface area contributed by atoms with Gasteiger partial charge in [-0.2, -0.15) is 13.2 Å². The molecule has 0 radical (unpaired) electrons. The van der Waals surface area contributed by atoms with Gasteiger partial charge in [0, 0.05) is 58.0 Å². The standard InChI is InChI=1S/C28H41F3N4O2/c1-27(2,3)35-15-11-21(18-35)26(37)33-12-8-19(9-13-33)23-7-6-22(28(29,30)31)16-24(23)34-14-10-20(17-34)25(36)32(4)5/h6-7,16,19-21H,8-15,17-18H2,1-5H3/t20?,21-/m0/s1. The number of amides is 2. The fraction of sp³-hybridized carbons (Fsp3) is 0.714. The van der Waals surface area contributed by atoms with Crippen LogP contribution in [0.1, 0.15) is 63.5 Å². The van der Waals surface area contributed by atoms with Gasteiger partial charge in [0.15, 0.2) is 0 Å². The zero-order valence-corrected chi connectivity index (χ0v) is 22.8. The molecule has 3 aliphatic heterocycles. The molecule has 3 fully saturated rings. The predicted molar refractivity (Wildman–Crippen MR) is 138 cm³/mol. The Morgan fingerprint density at radius 2 is 1.54 bits per heavy atom. The zero-order valence-electron chi connectivity index (χ0n) is 22.8.